The van der Waals surface area contributed by atoms with Crippen LogP contribution in [-0.2, 0) is 19.4 Å². The highest BCUT2D eigenvalue weighted by Gasteiger charge is 2.15. The quantitative estimate of drug-likeness (QED) is 0.816. The first kappa shape index (κ1) is 19.2. The van der Waals surface area contributed by atoms with Crippen LogP contribution in [0.4, 0.5) is 5.13 Å². The molecule has 0 bridgehead atoms. The normalized spacial score (nSPS) is 16.8. The third-order valence-corrected chi connectivity index (χ3v) is 5.78. The summed E-state index contributed by atoms with van der Waals surface area (Å²) in [6.45, 7) is 5.26. The molecule has 2 aromatic rings. The number of carbonyl (C=O) groups excluding carboxylic acids is 1. The van der Waals surface area contributed by atoms with Gasteiger partial charge in [-0.2, -0.15) is 0 Å². The Bertz CT molecular complexity index is 760. The Kier molecular flexibility index (Phi) is 6.58. The molecule has 3 heterocycles. The molecule has 140 valence electrons. The first-order valence-electron chi connectivity index (χ1n) is 8.96. The molecule has 2 N–H and O–H groups in total. The third-order valence-electron chi connectivity index (χ3n) is 4.88. The SMILES string of the molecule is Cl.O=C(Nc1nnc(CCN2CCCC2)s1)c1ccc2c(c1)CCNC2. The number of halogens is 1. The Hall–Kier alpha value is -1.54. The van der Waals surface area contributed by atoms with E-state index in [2.05, 4.69) is 25.7 Å². The van der Waals surface area contributed by atoms with Gasteiger partial charge in [0.2, 0.25) is 5.13 Å². The van der Waals surface area contributed by atoms with Crippen LogP contribution in [0.5, 0.6) is 0 Å². The molecular weight excluding hydrogens is 370 g/mol. The zero-order valence-electron chi connectivity index (χ0n) is 14.7. The van der Waals surface area contributed by atoms with Gasteiger partial charge in [0.25, 0.3) is 5.91 Å². The highest BCUT2D eigenvalue weighted by atomic mass is 35.5. The number of nitrogens with zero attached hydrogens (tertiary/aromatic N) is 3. The van der Waals surface area contributed by atoms with E-state index in [1.165, 1.54) is 48.4 Å². The van der Waals surface area contributed by atoms with Gasteiger partial charge in [-0.3, -0.25) is 10.1 Å². The highest BCUT2D eigenvalue weighted by molar-refractivity contribution is 7.15. The van der Waals surface area contributed by atoms with Gasteiger partial charge in [0.05, 0.1) is 0 Å². The van der Waals surface area contributed by atoms with Gasteiger partial charge in [-0.15, -0.1) is 22.6 Å². The molecule has 1 aromatic heterocycles. The van der Waals surface area contributed by atoms with Crippen LogP contribution in [0.15, 0.2) is 18.2 Å². The lowest BCUT2D eigenvalue weighted by Gasteiger charge is -2.17. The van der Waals surface area contributed by atoms with E-state index in [-0.39, 0.29) is 18.3 Å². The Labute approximate surface area is 163 Å². The molecular formula is C18H24ClN5OS. The molecule has 1 fully saturated rings. The number of likely N-dealkylation sites (tertiary alicyclic amines) is 1. The predicted octanol–water partition coefficient (Wildman–Crippen LogP) is 2.50. The van der Waals surface area contributed by atoms with Gasteiger partial charge in [-0.25, -0.2) is 0 Å². The van der Waals surface area contributed by atoms with Crippen molar-refractivity contribution in [3.05, 3.63) is 39.9 Å². The minimum absolute atomic E-state index is 0. The monoisotopic (exact) mass is 393 g/mol. The van der Waals surface area contributed by atoms with E-state index in [4.69, 9.17) is 0 Å². The van der Waals surface area contributed by atoms with E-state index in [0.717, 1.165) is 37.5 Å². The number of carbonyl (C=O) groups is 1. The zero-order valence-corrected chi connectivity index (χ0v) is 16.3. The second kappa shape index (κ2) is 8.90. The van der Waals surface area contributed by atoms with E-state index < -0.39 is 0 Å². The van der Waals surface area contributed by atoms with Crippen LogP contribution in [-0.4, -0.2) is 47.2 Å². The number of nitrogens with one attached hydrogen (secondary N) is 2. The third kappa shape index (κ3) is 4.59. The Balaban J connectivity index is 0.00000196. The number of aromatic nitrogens is 2. The van der Waals surface area contributed by atoms with E-state index in [1.807, 2.05) is 18.2 Å². The van der Waals surface area contributed by atoms with Crippen LogP contribution in [0.3, 0.4) is 0 Å². The topological polar surface area (TPSA) is 70.2 Å². The largest absolute Gasteiger partial charge is 0.312 e. The second-order valence-corrected chi connectivity index (χ2v) is 7.73. The lowest BCUT2D eigenvalue weighted by molar-refractivity contribution is 0.102. The molecule has 0 unspecified atom stereocenters. The first-order valence-corrected chi connectivity index (χ1v) is 9.78. The standard InChI is InChI=1S/C18H23N5OS.ClH/c24-17(14-3-4-15-12-19-7-5-13(15)11-14)20-18-22-21-16(25-18)6-10-23-8-1-2-9-23;/h3-4,11,19H,1-2,5-10,12H2,(H,20,22,24);1H. The molecule has 4 rings (SSSR count). The fraction of sp³-hybridized carbons (Fsp3) is 0.500. The molecule has 8 heteroatoms. The van der Waals surface area contributed by atoms with Crippen molar-refractivity contribution >= 4 is 34.8 Å². The number of anilines is 1. The molecule has 2 aliphatic heterocycles. The van der Waals surface area contributed by atoms with Crippen LogP contribution in [0.1, 0.15) is 39.3 Å². The van der Waals surface area contributed by atoms with Gasteiger partial charge in [0, 0.05) is 25.1 Å². The maximum Gasteiger partial charge on any atom is 0.257 e. The molecule has 1 amide bonds. The maximum atomic E-state index is 12.5. The van der Waals surface area contributed by atoms with Gasteiger partial charge in [-0.05, 0) is 62.2 Å². The number of benzene rings is 1. The molecule has 0 atom stereocenters. The molecule has 0 radical (unpaired) electrons. The lowest BCUT2D eigenvalue weighted by Crippen LogP contribution is -2.24. The van der Waals surface area contributed by atoms with E-state index in [9.17, 15) is 4.79 Å². The van der Waals surface area contributed by atoms with Crippen molar-refractivity contribution < 1.29 is 4.79 Å². The van der Waals surface area contributed by atoms with Gasteiger partial charge in [-0.1, -0.05) is 17.4 Å². The number of rotatable bonds is 5. The summed E-state index contributed by atoms with van der Waals surface area (Å²) in [5.74, 6) is -0.108. The summed E-state index contributed by atoms with van der Waals surface area (Å²) in [5, 5.41) is 16.1. The molecule has 6 nitrogen and oxygen atoms in total. The van der Waals surface area contributed by atoms with Crippen molar-refractivity contribution in [2.24, 2.45) is 0 Å². The van der Waals surface area contributed by atoms with Gasteiger partial charge >= 0.3 is 0 Å². The number of amides is 1. The van der Waals surface area contributed by atoms with Crippen LogP contribution >= 0.6 is 23.7 Å². The summed E-state index contributed by atoms with van der Waals surface area (Å²) in [6.07, 6.45) is 4.47. The summed E-state index contributed by atoms with van der Waals surface area (Å²) in [6, 6.07) is 5.93. The summed E-state index contributed by atoms with van der Waals surface area (Å²) in [7, 11) is 0. The van der Waals surface area contributed by atoms with Gasteiger partial charge in [0.1, 0.15) is 5.01 Å². The first-order chi connectivity index (χ1) is 12.3. The molecule has 1 saturated heterocycles. The Morgan fingerprint density at radius 2 is 2.08 bits per heavy atom. The van der Waals surface area contributed by atoms with Crippen molar-refractivity contribution in [1.82, 2.24) is 20.4 Å². The second-order valence-electron chi connectivity index (χ2n) is 6.66. The predicted molar refractivity (Wildman–Crippen MR) is 106 cm³/mol. The molecule has 2 aliphatic rings. The molecule has 0 spiro atoms. The van der Waals surface area contributed by atoms with Gasteiger partial charge in [0.15, 0.2) is 0 Å². The van der Waals surface area contributed by atoms with Crippen molar-refractivity contribution in [2.45, 2.75) is 32.2 Å². The van der Waals surface area contributed by atoms with Crippen molar-refractivity contribution in [2.75, 3.05) is 31.5 Å². The van der Waals surface area contributed by atoms with Crippen LogP contribution < -0.4 is 10.6 Å². The van der Waals surface area contributed by atoms with Crippen LogP contribution in [0.2, 0.25) is 0 Å². The van der Waals surface area contributed by atoms with Crippen LogP contribution in [0, 0.1) is 0 Å². The fourth-order valence-corrected chi connectivity index (χ4v) is 4.18. The summed E-state index contributed by atoms with van der Waals surface area (Å²) >= 11 is 1.48. The van der Waals surface area contributed by atoms with E-state index >= 15 is 0 Å². The lowest BCUT2D eigenvalue weighted by atomic mass is 9.98. The molecule has 0 saturated carbocycles. The maximum absolute atomic E-state index is 12.5. The smallest absolute Gasteiger partial charge is 0.257 e. The van der Waals surface area contributed by atoms with Crippen molar-refractivity contribution in [3.8, 4) is 0 Å². The number of hydrogen-bond acceptors (Lipinski definition) is 6. The van der Waals surface area contributed by atoms with E-state index in [1.54, 1.807) is 0 Å². The number of fused-ring (bicyclic) bond motifs is 1. The molecule has 0 aliphatic carbocycles. The Morgan fingerprint density at radius 1 is 1.23 bits per heavy atom. The molecule has 26 heavy (non-hydrogen) atoms. The van der Waals surface area contributed by atoms with Crippen molar-refractivity contribution in [1.29, 1.82) is 0 Å². The average molecular weight is 394 g/mol. The minimum atomic E-state index is -0.108. The van der Waals surface area contributed by atoms with Crippen LogP contribution in [0.25, 0.3) is 0 Å². The summed E-state index contributed by atoms with van der Waals surface area (Å²) < 4.78 is 0. The van der Waals surface area contributed by atoms with Gasteiger partial charge < -0.3 is 10.2 Å². The Morgan fingerprint density at radius 3 is 2.92 bits per heavy atom. The average Bonchev–Trinajstić information content (AvgIpc) is 3.31. The van der Waals surface area contributed by atoms with Crippen molar-refractivity contribution in [3.63, 3.8) is 0 Å². The molecule has 1 aromatic carbocycles. The summed E-state index contributed by atoms with van der Waals surface area (Å²) in [5.41, 5.74) is 3.23. The summed E-state index contributed by atoms with van der Waals surface area (Å²) in [4.78, 5) is 14.9. The zero-order chi connectivity index (χ0) is 17.1. The minimum Gasteiger partial charge on any atom is -0.312 e. The highest BCUT2D eigenvalue weighted by Crippen LogP contribution is 2.20. The van der Waals surface area contributed by atoms with E-state index in [0.29, 0.717) is 10.7 Å². The number of hydrogen-bond donors (Lipinski definition) is 2. The fourth-order valence-electron chi connectivity index (χ4n) is 3.45.